The van der Waals surface area contributed by atoms with Crippen LogP contribution in [-0.4, -0.2) is 54.2 Å². The third-order valence-corrected chi connectivity index (χ3v) is 4.33. The molecule has 2 rings (SSSR count). The Hall–Kier alpha value is -1.79. The maximum atomic E-state index is 12.3. The van der Waals surface area contributed by atoms with E-state index in [-0.39, 0.29) is 37.8 Å². The lowest BCUT2D eigenvalue weighted by Gasteiger charge is -2.38. The average Bonchev–Trinajstić information content (AvgIpc) is 2.56. The third kappa shape index (κ3) is 5.39. The van der Waals surface area contributed by atoms with Crippen molar-refractivity contribution in [2.45, 2.75) is 31.3 Å². The van der Waals surface area contributed by atoms with E-state index in [2.05, 4.69) is 5.32 Å². The van der Waals surface area contributed by atoms with Crippen LogP contribution in [0, 0.1) is 0 Å². The minimum atomic E-state index is -1.15. The van der Waals surface area contributed by atoms with Gasteiger partial charge in [0.25, 0.3) is 0 Å². The van der Waals surface area contributed by atoms with Crippen molar-refractivity contribution < 1.29 is 19.4 Å². The molecule has 2 amide bonds. The number of likely N-dealkylation sites (tertiary alicyclic amines) is 1. The quantitative estimate of drug-likeness (QED) is 0.813. The van der Waals surface area contributed by atoms with Crippen molar-refractivity contribution in [1.29, 1.82) is 0 Å². The van der Waals surface area contributed by atoms with Crippen LogP contribution in [0.5, 0.6) is 5.75 Å². The van der Waals surface area contributed by atoms with Gasteiger partial charge in [-0.1, -0.05) is 11.6 Å². The fourth-order valence-electron chi connectivity index (χ4n) is 2.80. The number of hydrogen-bond acceptors (Lipinski definition) is 4. The van der Waals surface area contributed by atoms with E-state index in [9.17, 15) is 14.7 Å². The van der Waals surface area contributed by atoms with Gasteiger partial charge in [0.15, 0.2) is 0 Å². The van der Waals surface area contributed by atoms with Gasteiger partial charge in [0.1, 0.15) is 5.75 Å². The van der Waals surface area contributed by atoms with Gasteiger partial charge in [0.2, 0.25) is 11.8 Å². The first kappa shape index (κ1) is 18.5. The standard InChI is InChI=1S/C17H23ClN2O4/c1-19-15(21)11-17(23)8-2-9-20(12-17)16(22)7-10-24-14-5-3-13(18)4-6-14/h3-6,23H,2,7-12H2,1H3,(H,19,21). The molecule has 0 aromatic heterocycles. The number of aliphatic hydroxyl groups is 1. The van der Waals surface area contributed by atoms with Crippen LogP contribution in [0.1, 0.15) is 25.7 Å². The Morgan fingerprint density at radius 2 is 2.08 bits per heavy atom. The summed E-state index contributed by atoms with van der Waals surface area (Å²) in [5.41, 5.74) is -1.15. The highest BCUT2D eigenvalue weighted by Gasteiger charge is 2.36. The molecule has 0 saturated carbocycles. The predicted molar refractivity (Wildman–Crippen MR) is 91.0 cm³/mol. The van der Waals surface area contributed by atoms with E-state index in [0.29, 0.717) is 30.2 Å². The van der Waals surface area contributed by atoms with Crippen LogP contribution < -0.4 is 10.1 Å². The Morgan fingerprint density at radius 1 is 1.38 bits per heavy atom. The van der Waals surface area contributed by atoms with Crippen molar-refractivity contribution in [2.24, 2.45) is 0 Å². The number of piperidine rings is 1. The highest BCUT2D eigenvalue weighted by atomic mass is 35.5. The highest BCUT2D eigenvalue weighted by Crippen LogP contribution is 2.25. The zero-order valence-corrected chi connectivity index (χ0v) is 14.5. The summed E-state index contributed by atoms with van der Waals surface area (Å²) in [5, 5.41) is 13.7. The molecule has 2 N–H and O–H groups in total. The predicted octanol–water partition coefficient (Wildman–Crippen LogP) is 1.60. The number of hydrogen-bond donors (Lipinski definition) is 2. The summed E-state index contributed by atoms with van der Waals surface area (Å²) in [6.45, 7) is 1.03. The fraction of sp³-hybridized carbons (Fsp3) is 0.529. The Labute approximate surface area is 146 Å². The summed E-state index contributed by atoms with van der Waals surface area (Å²) >= 11 is 5.80. The molecule has 24 heavy (non-hydrogen) atoms. The molecule has 0 bridgehead atoms. The van der Waals surface area contributed by atoms with Crippen molar-refractivity contribution in [1.82, 2.24) is 10.2 Å². The van der Waals surface area contributed by atoms with Crippen LogP contribution in [0.3, 0.4) is 0 Å². The molecule has 0 radical (unpaired) electrons. The van der Waals surface area contributed by atoms with Crippen molar-refractivity contribution in [3.05, 3.63) is 29.3 Å². The van der Waals surface area contributed by atoms with E-state index < -0.39 is 5.60 Å². The normalized spacial score (nSPS) is 20.5. The van der Waals surface area contributed by atoms with Gasteiger partial charge in [-0.05, 0) is 37.1 Å². The lowest BCUT2D eigenvalue weighted by molar-refractivity contribution is -0.142. The van der Waals surface area contributed by atoms with Gasteiger partial charge in [0, 0.05) is 25.2 Å². The van der Waals surface area contributed by atoms with Gasteiger partial charge in [-0.3, -0.25) is 9.59 Å². The van der Waals surface area contributed by atoms with E-state index in [1.54, 1.807) is 29.2 Å². The van der Waals surface area contributed by atoms with Crippen LogP contribution in [-0.2, 0) is 9.59 Å². The second-order valence-corrected chi connectivity index (χ2v) is 6.48. The van der Waals surface area contributed by atoms with Crippen LogP contribution >= 0.6 is 11.6 Å². The van der Waals surface area contributed by atoms with E-state index >= 15 is 0 Å². The maximum absolute atomic E-state index is 12.3. The lowest BCUT2D eigenvalue weighted by atomic mass is 9.89. The number of β-amino-alcohol motifs (C(OH)–C–C–N with tert-alkyl or cyclic N) is 1. The first-order valence-electron chi connectivity index (χ1n) is 8.01. The van der Waals surface area contributed by atoms with Crippen molar-refractivity contribution in [3.63, 3.8) is 0 Å². The second kappa shape index (κ2) is 8.35. The molecule has 1 unspecified atom stereocenters. The summed E-state index contributed by atoms with van der Waals surface area (Å²) in [4.78, 5) is 25.4. The number of nitrogens with one attached hydrogen (secondary N) is 1. The molecule has 7 heteroatoms. The molecular weight excluding hydrogens is 332 g/mol. The molecular formula is C17H23ClN2O4. The minimum absolute atomic E-state index is 0.00849. The first-order chi connectivity index (χ1) is 11.4. The summed E-state index contributed by atoms with van der Waals surface area (Å²) in [7, 11) is 1.53. The Balaban J connectivity index is 1.81. The first-order valence-corrected chi connectivity index (χ1v) is 8.39. The molecule has 1 aromatic carbocycles. The van der Waals surface area contributed by atoms with Gasteiger partial charge in [-0.2, -0.15) is 0 Å². The number of carbonyl (C=O) groups excluding carboxylic acids is 2. The molecule has 1 heterocycles. The third-order valence-electron chi connectivity index (χ3n) is 4.07. The summed E-state index contributed by atoms with van der Waals surface area (Å²) in [6, 6.07) is 6.94. The van der Waals surface area contributed by atoms with Gasteiger partial charge >= 0.3 is 0 Å². The molecule has 1 saturated heterocycles. The fourth-order valence-corrected chi connectivity index (χ4v) is 2.93. The number of halogens is 1. The number of carbonyl (C=O) groups is 2. The largest absolute Gasteiger partial charge is 0.493 e. The number of nitrogens with zero attached hydrogens (tertiary/aromatic N) is 1. The topological polar surface area (TPSA) is 78.9 Å². The van der Waals surface area contributed by atoms with Crippen LogP contribution in [0.25, 0.3) is 0 Å². The van der Waals surface area contributed by atoms with Crippen molar-refractivity contribution >= 4 is 23.4 Å². The molecule has 1 aliphatic rings. The summed E-state index contributed by atoms with van der Waals surface area (Å²) in [6.07, 6.45) is 1.43. The molecule has 1 atom stereocenters. The Kier molecular flexibility index (Phi) is 6.45. The molecule has 0 spiro atoms. The monoisotopic (exact) mass is 354 g/mol. The Morgan fingerprint density at radius 3 is 2.75 bits per heavy atom. The zero-order valence-electron chi connectivity index (χ0n) is 13.8. The van der Waals surface area contributed by atoms with E-state index in [1.165, 1.54) is 7.05 Å². The molecule has 1 fully saturated rings. The van der Waals surface area contributed by atoms with Gasteiger partial charge in [0.05, 0.1) is 25.0 Å². The number of ether oxygens (including phenoxy) is 1. The molecule has 6 nitrogen and oxygen atoms in total. The highest BCUT2D eigenvalue weighted by molar-refractivity contribution is 6.30. The van der Waals surface area contributed by atoms with Crippen molar-refractivity contribution in [3.8, 4) is 5.75 Å². The van der Waals surface area contributed by atoms with Crippen LogP contribution in [0.15, 0.2) is 24.3 Å². The van der Waals surface area contributed by atoms with E-state index in [4.69, 9.17) is 16.3 Å². The van der Waals surface area contributed by atoms with E-state index in [1.807, 2.05) is 0 Å². The number of amides is 2. The zero-order chi connectivity index (χ0) is 17.6. The lowest BCUT2D eigenvalue weighted by Crippen LogP contribution is -2.52. The van der Waals surface area contributed by atoms with Crippen LogP contribution in [0.4, 0.5) is 0 Å². The van der Waals surface area contributed by atoms with E-state index in [0.717, 1.165) is 0 Å². The number of rotatable bonds is 6. The number of benzene rings is 1. The molecule has 1 aliphatic heterocycles. The molecule has 132 valence electrons. The SMILES string of the molecule is CNC(=O)CC1(O)CCCN(C(=O)CCOc2ccc(Cl)cc2)C1. The second-order valence-electron chi connectivity index (χ2n) is 6.05. The van der Waals surface area contributed by atoms with Crippen molar-refractivity contribution in [2.75, 3.05) is 26.7 Å². The maximum Gasteiger partial charge on any atom is 0.226 e. The van der Waals surface area contributed by atoms with Crippen LogP contribution in [0.2, 0.25) is 5.02 Å². The summed E-state index contributed by atoms with van der Waals surface area (Å²) < 4.78 is 5.52. The van der Waals surface area contributed by atoms with Gasteiger partial charge in [-0.15, -0.1) is 0 Å². The van der Waals surface area contributed by atoms with Gasteiger partial charge in [-0.25, -0.2) is 0 Å². The van der Waals surface area contributed by atoms with Gasteiger partial charge < -0.3 is 20.1 Å². The molecule has 1 aromatic rings. The Bertz CT molecular complexity index is 578. The molecule has 0 aliphatic carbocycles. The smallest absolute Gasteiger partial charge is 0.226 e. The summed E-state index contributed by atoms with van der Waals surface area (Å²) in [5.74, 6) is 0.346. The average molecular weight is 355 g/mol. The minimum Gasteiger partial charge on any atom is -0.493 e.